The lowest BCUT2D eigenvalue weighted by Gasteiger charge is -2.08. The van der Waals surface area contributed by atoms with Gasteiger partial charge in [0.1, 0.15) is 11.6 Å². The topological polar surface area (TPSA) is 83.1 Å². The molecule has 24 heavy (non-hydrogen) atoms. The monoisotopic (exact) mass is 346 g/mol. The van der Waals surface area contributed by atoms with Gasteiger partial charge in [-0.1, -0.05) is 17.8 Å². The van der Waals surface area contributed by atoms with E-state index in [-0.39, 0.29) is 5.69 Å². The molecule has 2 aliphatic rings. The Hall–Kier alpha value is -2.09. The van der Waals surface area contributed by atoms with E-state index in [9.17, 15) is 10.1 Å². The third-order valence-corrected chi connectivity index (χ3v) is 5.06. The molecular weight excluding hydrogens is 328 g/mol. The molecule has 0 aliphatic heterocycles. The maximum absolute atomic E-state index is 10.8. The number of nitro benzene ring substituents is 1. The predicted molar refractivity (Wildman–Crippen MR) is 89.6 cm³/mol. The van der Waals surface area contributed by atoms with Crippen LogP contribution in [0.15, 0.2) is 29.4 Å². The van der Waals surface area contributed by atoms with Crippen LogP contribution in [-0.4, -0.2) is 32.0 Å². The Bertz CT molecular complexity index is 756. The zero-order chi connectivity index (χ0) is 16.5. The van der Waals surface area contributed by atoms with Crippen molar-refractivity contribution in [2.45, 2.75) is 42.8 Å². The first kappa shape index (κ1) is 15.4. The van der Waals surface area contributed by atoms with Gasteiger partial charge in [-0.15, -0.1) is 10.2 Å². The van der Waals surface area contributed by atoms with Crippen molar-refractivity contribution >= 4 is 17.4 Å². The number of nitro groups is 1. The van der Waals surface area contributed by atoms with Crippen LogP contribution in [0, 0.1) is 10.1 Å². The van der Waals surface area contributed by atoms with E-state index >= 15 is 0 Å². The third-order valence-electron chi connectivity index (χ3n) is 4.16. The van der Waals surface area contributed by atoms with E-state index in [1.807, 2.05) is 0 Å². The van der Waals surface area contributed by atoms with Gasteiger partial charge in [-0.05, 0) is 31.7 Å². The molecule has 0 unspecified atom stereocenters. The van der Waals surface area contributed by atoms with Crippen LogP contribution in [0.25, 0.3) is 0 Å². The third kappa shape index (κ3) is 3.38. The molecule has 0 N–H and O–H groups in total. The van der Waals surface area contributed by atoms with Crippen LogP contribution in [-0.2, 0) is 0 Å². The highest BCUT2D eigenvalue weighted by Gasteiger charge is 2.36. The fourth-order valence-corrected chi connectivity index (χ4v) is 3.49. The number of non-ortho nitro benzene ring substituents is 1. The van der Waals surface area contributed by atoms with Crippen LogP contribution in [0.5, 0.6) is 5.75 Å². The van der Waals surface area contributed by atoms with Gasteiger partial charge in [0, 0.05) is 23.8 Å². The van der Waals surface area contributed by atoms with Crippen LogP contribution in [0.2, 0.25) is 0 Å². The maximum atomic E-state index is 10.8. The summed E-state index contributed by atoms with van der Waals surface area (Å²) in [5.74, 6) is 3.01. The quantitative estimate of drug-likeness (QED) is 0.314. The molecule has 1 aromatic carbocycles. The Morgan fingerprint density at radius 3 is 2.83 bits per heavy atom. The Balaban J connectivity index is 1.33. The van der Waals surface area contributed by atoms with Crippen molar-refractivity contribution in [2.24, 2.45) is 0 Å². The summed E-state index contributed by atoms with van der Waals surface area (Å²) in [6.45, 7) is 0.474. The van der Waals surface area contributed by atoms with E-state index in [1.165, 1.54) is 37.8 Å². The van der Waals surface area contributed by atoms with Gasteiger partial charge in [0.25, 0.3) is 5.69 Å². The van der Waals surface area contributed by atoms with Crippen molar-refractivity contribution in [1.29, 1.82) is 0 Å². The summed E-state index contributed by atoms with van der Waals surface area (Å²) in [5, 5.41) is 20.5. The molecular formula is C16H18N4O3S. The van der Waals surface area contributed by atoms with Gasteiger partial charge in [-0.25, -0.2) is 0 Å². The van der Waals surface area contributed by atoms with Gasteiger partial charge in [-0.3, -0.25) is 10.1 Å². The summed E-state index contributed by atoms with van der Waals surface area (Å²) in [6, 6.07) is 6.85. The van der Waals surface area contributed by atoms with E-state index in [1.54, 1.807) is 23.9 Å². The first-order valence-electron chi connectivity index (χ1n) is 8.17. The first-order valence-corrected chi connectivity index (χ1v) is 9.16. The highest BCUT2D eigenvalue weighted by molar-refractivity contribution is 7.99. The highest BCUT2D eigenvalue weighted by Crippen LogP contribution is 2.45. The fourth-order valence-electron chi connectivity index (χ4n) is 2.66. The first-order chi connectivity index (χ1) is 11.7. The smallest absolute Gasteiger partial charge is 0.273 e. The maximum Gasteiger partial charge on any atom is 0.273 e. The average molecular weight is 346 g/mol. The van der Waals surface area contributed by atoms with E-state index in [2.05, 4.69) is 14.8 Å². The van der Waals surface area contributed by atoms with E-state index in [0.29, 0.717) is 24.3 Å². The molecule has 8 heteroatoms. The minimum Gasteiger partial charge on any atom is -0.492 e. The lowest BCUT2D eigenvalue weighted by molar-refractivity contribution is -0.384. The summed E-state index contributed by atoms with van der Waals surface area (Å²) >= 11 is 1.64. The van der Waals surface area contributed by atoms with Crippen molar-refractivity contribution in [3.8, 4) is 5.75 Å². The van der Waals surface area contributed by atoms with E-state index < -0.39 is 4.92 Å². The minimum absolute atomic E-state index is 0.0442. The number of nitrogens with zero attached hydrogens (tertiary/aromatic N) is 4. The molecule has 2 aromatic rings. The Kier molecular flexibility index (Phi) is 4.13. The van der Waals surface area contributed by atoms with E-state index in [0.717, 1.165) is 16.7 Å². The van der Waals surface area contributed by atoms with Gasteiger partial charge in [0.2, 0.25) is 0 Å². The molecule has 2 aliphatic carbocycles. The molecule has 0 amide bonds. The molecule has 126 valence electrons. The summed E-state index contributed by atoms with van der Waals surface area (Å²) < 4.78 is 7.93. The number of ether oxygens (including phenoxy) is 1. The van der Waals surface area contributed by atoms with Crippen molar-refractivity contribution in [3.05, 3.63) is 40.2 Å². The highest BCUT2D eigenvalue weighted by atomic mass is 32.2. The summed E-state index contributed by atoms with van der Waals surface area (Å²) in [4.78, 5) is 10.3. The number of rotatable bonds is 8. The number of thioether (sulfide) groups is 1. The molecule has 2 fully saturated rings. The molecule has 0 radical (unpaired) electrons. The van der Waals surface area contributed by atoms with Gasteiger partial charge >= 0.3 is 0 Å². The molecule has 0 atom stereocenters. The molecule has 7 nitrogen and oxygen atoms in total. The molecule has 4 rings (SSSR count). The molecule has 1 heterocycles. The van der Waals surface area contributed by atoms with Crippen LogP contribution in [0.3, 0.4) is 0 Å². The van der Waals surface area contributed by atoms with Gasteiger partial charge in [-0.2, -0.15) is 0 Å². The molecule has 0 bridgehead atoms. The Morgan fingerprint density at radius 2 is 2.12 bits per heavy atom. The number of aromatic nitrogens is 3. The number of benzene rings is 1. The lowest BCUT2D eigenvalue weighted by Crippen LogP contribution is -2.04. The van der Waals surface area contributed by atoms with Gasteiger partial charge < -0.3 is 9.30 Å². The molecule has 2 saturated carbocycles. The standard InChI is InChI=1S/C16H18N4O3S/c21-20(22)13-2-1-3-14(10-13)23-8-9-24-16-18-17-15(11-4-5-11)19(16)12-6-7-12/h1-3,10-12H,4-9H2. The SMILES string of the molecule is O=[N+]([O-])c1cccc(OCCSc2nnc(C3CC3)n2C2CC2)c1. The Morgan fingerprint density at radius 1 is 1.29 bits per heavy atom. The second-order valence-corrected chi connectivity index (χ2v) is 7.23. The predicted octanol–water partition coefficient (Wildman–Crippen LogP) is 3.57. The van der Waals surface area contributed by atoms with Crippen LogP contribution in [0.1, 0.15) is 43.5 Å². The Labute approximate surface area is 143 Å². The summed E-state index contributed by atoms with van der Waals surface area (Å²) in [7, 11) is 0. The minimum atomic E-state index is -0.418. The summed E-state index contributed by atoms with van der Waals surface area (Å²) in [5.41, 5.74) is 0.0442. The molecule has 0 spiro atoms. The second-order valence-electron chi connectivity index (χ2n) is 6.17. The molecule has 1 aromatic heterocycles. The number of hydrogen-bond donors (Lipinski definition) is 0. The van der Waals surface area contributed by atoms with Crippen molar-refractivity contribution in [3.63, 3.8) is 0 Å². The van der Waals surface area contributed by atoms with E-state index in [4.69, 9.17) is 4.74 Å². The number of hydrogen-bond acceptors (Lipinski definition) is 6. The zero-order valence-corrected chi connectivity index (χ0v) is 13.9. The summed E-state index contributed by atoms with van der Waals surface area (Å²) in [6.07, 6.45) is 4.89. The second kappa shape index (κ2) is 6.43. The van der Waals surface area contributed by atoms with Crippen molar-refractivity contribution in [1.82, 2.24) is 14.8 Å². The van der Waals surface area contributed by atoms with Gasteiger partial charge in [0.05, 0.1) is 17.6 Å². The van der Waals surface area contributed by atoms with Crippen LogP contribution >= 0.6 is 11.8 Å². The average Bonchev–Trinajstić information content (AvgIpc) is 3.50. The normalized spacial score (nSPS) is 17.0. The fraction of sp³-hybridized carbons (Fsp3) is 0.500. The van der Waals surface area contributed by atoms with Crippen LogP contribution < -0.4 is 4.74 Å². The van der Waals surface area contributed by atoms with Gasteiger partial charge in [0.15, 0.2) is 5.16 Å². The molecule has 0 saturated heterocycles. The lowest BCUT2D eigenvalue weighted by atomic mass is 10.3. The van der Waals surface area contributed by atoms with Crippen molar-refractivity contribution in [2.75, 3.05) is 12.4 Å². The largest absolute Gasteiger partial charge is 0.492 e. The van der Waals surface area contributed by atoms with Crippen molar-refractivity contribution < 1.29 is 9.66 Å². The zero-order valence-electron chi connectivity index (χ0n) is 13.1. The van der Waals surface area contributed by atoms with Crippen LogP contribution in [0.4, 0.5) is 5.69 Å².